The van der Waals surface area contributed by atoms with E-state index in [0.29, 0.717) is 5.75 Å². The minimum Gasteiger partial charge on any atom is -0.461 e. The lowest BCUT2D eigenvalue weighted by molar-refractivity contribution is -0.143. The minimum atomic E-state index is -0.0559. The van der Waals surface area contributed by atoms with Gasteiger partial charge in [-0.3, -0.25) is 9.59 Å². The number of carbonyl (C=O) groups is 2. The number of carbonyl (C=O) groups excluding carboxylic acids is 2. The maximum Gasteiger partial charge on any atom is 0.309 e. The molecule has 1 aliphatic heterocycles. The molecule has 1 heterocycles. The van der Waals surface area contributed by atoms with Gasteiger partial charge in [-0.05, 0) is 12.8 Å². The molecule has 1 aliphatic rings. The highest BCUT2D eigenvalue weighted by Crippen LogP contribution is 2.28. The first-order valence-corrected chi connectivity index (χ1v) is 7.96. The van der Waals surface area contributed by atoms with Crippen molar-refractivity contribution in [3.8, 4) is 0 Å². The number of cyclic esters (lactones) is 1. The van der Waals surface area contributed by atoms with Crippen LogP contribution >= 0.6 is 11.8 Å². The maximum absolute atomic E-state index is 11.6. The SMILES string of the molecule is CCCCCCC[C@@H]1C[C@@H](CSC(C)=O)OC1=O. The fraction of sp³-hybridized carbons (Fsp3) is 0.857. The Hall–Kier alpha value is -0.510. The molecule has 1 rings (SSSR count). The summed E-state index contributed by atoms with van der Waals surface area (Å²) in [6.07, 6.45) is 7.82. The van der Waals surface area contributed by atoms with Crippen molar-refractivity contribution in [1.29, 1.82) is 0 Å². The van der Waals surface area contributed by atoms with Gasteiger partial charge in [0.05, 0.1) is 5.92 Å². The number of hydrogen-bond acceptors (Lipinski definition) is 4. The van der Waals surface area contributed by atoms with Gasteiger partial charge >= 0.3 is 5.97 Å². The third kappa shape index (κ3) is 5.89. The molecule has 0 aromatic carbocycles. The van der Waals surface area contributed by atoms with Crippen LogP contribution in [0.25, 0.3) is 0 Å². The summed E-state index contributed by atoms with van der Waals surface area (Å²) >= 11 is 1.25. The second-order valence-corrected chi connectivity index (χ2v) is 6.19. The van der Waals surface area contributed by atoms with E-state index in [0.717, 1.165) is 19.3 Å². The van der Waals surface area contributed by atoms with Crippen LogP contribution in [-0.2, 0) is 14.3 Å². The molecule has 4 heteroatoms. The normalized spacial score (nSPS) is 23.1. The van der Waals surface area contributed by atoms with Crippen LogP contribution in [0.3, 0.4) is 0 Å². The fourth-order valence-electron chi connectivity index (χ4n) is 2.26. The third-order valence-corrected chi connectivity index (χ3v) is 4.24. The first-order valence-electron chi connectivity index (χ1n) is 6.97. The monoisotopic (exact) mass is 272 g/mol. The van der Waals surface area contributed by atoms with Gasteiger partial charge < -0.3 is 4.74 Å². The lowest BCUT2D eigenvalue weighted by Gasteiger charge is -2.06. The van der Waals surface area contributed by atoms with Gasteiger partial charge in [-0.25, -0.2) is 0 Å². The van der Waals surface area contributed by atoms with E-state index in [-0.39, 0.29) is 23.1 Å². The Labute approximate surface area is 114 Å². The van der Waals surface area contributed by atoms with E-state index in [1.165, 1.54) is 37.4 Å². The van der Waals surface area contributed by atoms with Gasteiger partial charge in [-0.2, -0.15) is 0 Å². The van der Waals surface area contributed by atoms with Crippen LogP contribution in [0.5, 0.6) is 0 Å². The zero-order chi connectivity index (χ0) is 13.4. The molecule has 0 radical (unpaired) electrons. The quantitative estimate of drug-likeness (QED) is 0.500. The number of ether oxygens (including phenoxy) is 1. The zero-order valence-electron chi connectivity index (χ0n) is 11.4. The van der Waals surface area contributed by atoms with Gasteiger partial charge in [0.15, 0.2) is 5.12 Å². The molecular weight excluding hydrogens is 248 g/mol. The Morgan fingerprint density at radius 1 is 1.33 bits per heavy atom. The smallest absolute Gasteiger partial charge is 0.309 e. The van der Waals surface area contributed by atoms with Crippen LogP contribution in [0, 0.1) is 5.92 Å². The van der Waals surface area contributed by atoms with Crippen molar-refractivity contribution in [3.63, 3.8) is 0 Å². The molecule has 0 saturated carbocycles. The molecule has 1 saturated heterocycles. The summed E-state index contributed by atoms with van der Waals surface area (Å²) in [5, 5.41) is 0.0917. The van der Waals surface area contributed by atoms with Crippen molar-refractivity contribution in [2.45, 2.75) is 64.9 Å². The Bertz CT molecular complexity index is 278. The Kier molecular flexibility index (Phi) is 7.40. The van der Waals surface area contributed by atoms with Crippen LogP contribution < -0.4 is 0 Å². The molecule has 1 fully saturated rings. The van der Waals surface area contributed by atoms with E-state index < -0.39 is 0 Å². The van der Waals surface area contributed by atoms with E-state index in [1.54, 1.807) is 6.92 Å². The van der Waals surface area contributed by atoms with Crippen LogP contribution in [0.15, 0.2) is 0 Å². The molecule has 3 nitrogen and oxygen atoms in total. The van der Waals surface area contributed by atoms with Gasteiger partial charge in [0.25, 0.3) is 0 Å². The van der Waals surface area contributed by atoms with Crippen LogP contribution in [0.4, 0.5) is 0 Å². The lowest BCUT2D eigenvalue weighted by Crippen LogP contribution is -2.10. The van der Waals surface area contributed by atoms with E-state index in [2.05, 4.69) is 6.92 Å². The predicted molar refractivity (Wildman–Crippen MR) is 74.5 cm³/mol. The van der Waals surface area contributed by atoms with Crippen molar-refractivity contribution < 1.29 is 14.3 Å². The van der Waals surface area contributed by atoms with Crippen LogP contribution in [0.1, 0.15) is 58.8 Å². The van der Waals surface area contributed by atoms with Gasteiger partial charge in [-0.1, -0.05) is 50.8 Å². The topological polar surface area (TPSA) is 43.4 Å². The molecule has 18 heavy (non-hydrogen) atoms. The molecule has 0 N–H and O–H groups in total. The molecule has 2 atom stereocenters. The van der Waals surface area contributed by atoms with E-state index >= 15 is 0 Å². The van der Waals surface area contributed by atoms with Gasteiger partial charge in [0.1, 0.15) is 6.10 Å². The molecular formula is C14H24O3S. The van der Waals surface area contributed by atoms with E-state index in [1.807, 2.05) is 0 Å². The predicted octanol–water partition coefficient (Wildman–Crippen LogP) is 3.56. The summed E-state index contributed by atoms with van der Waals surface area (Å²) < 4.78 is 5.29. The summed E-state index contributed by atoms with van der Waals surface area (Å²) in [6, 6.07) is 0. The summed E-state index contributed by atoms with van der Waals surface area (Å²) in [7, 11) is 0. The summed E-state index contributed by atoms with van der Waals surface area (Å²) in [4.78, 5) is 22.5. The molecule has 0 aromatic rings. The summed E-state index contributed by atoms with van der Waals surface area (Å²) in [5.41, 5.74) is 0. The van der Waals surface area contributed by atoms with Gasteiger partial charge in [-0.15, -0.1) is 0 Å². The fourth-order valence-corrected chi connectivity index (χ4v) is 2.89. The second kappa shape index (κ2) is 8.57. The molecule has 0 aromatic heterocycles. The van der Waals surface area contributed by atoms with Crippen molar-refractivity contribution in [2.75, 3.05) is 5.75 Å². The molecule has 0 unspecified atom stereocenters. The second-order valence-electron chi connectivity index (χ2n) is 5.00. The summed E-state index contributed by atoms with van der Waals surface area (Å²) in [6.45, 7) is 3.75. The molecule has 0 amide bonds. The maximum atomic E-state index is 11.6. The van der Waals surface area contributed by atoms with Crippen LogP contribution in [0.2, 0.25) is 0 Å². The van der Waals surface area contributed by atoms with E-state index in [4.69, 9.17) is 4.74 Å². The highest BCUT2D eigenvalue weighted by Gasteiger charge is 2.33. The van der Waals surface area contributed by atoms with Crippen molar-refractivity contribution in [3.05, 3.63) is 0 Å². The molecule has 104 valence electrons. The first-order chi connectivity index (χ1) is 8.63. The average Bonchev–Trinajstić information content (AvgIpc) is 2.67. The van der Waals surface area contributed by atoms with Gasteiger partial charge in [0, 0.05) is 12.7 Å². The number of rotatable bonds is 8. The first kappa shape index (κ1) is 15.5. The zero-order valence-corrected chi connectivity index (χ0v) is 12.3. The lowest BCUT2D eigenvalue weighted by atomic mass is 9.97. The third-order valence-electron chi connectivity index (χ3n) is 3.29. The van der Waals surface area contributed by atoms with E-state index in [9.17, 15) is 9.59 Å². The van der Waals surface area contributed by atoms with Crippen molar-refractivity contribution >= 4 is 22.8 Å². The number of hydrogen-bond donors (Lipinski definition) is 0. The molecule has 0 bridgehead atoms. The Balaban J connectivity index is 2.15. The minimum absolute atomic E-state index is 0.0490. The van der Waals surface area contributed by atoms with Crippen molar-refractivity contribution in [2.24, 2.45) is 5.92 Å². The standard InChI is InChI=1S/C14H24O3S/c1-3-4-5-6-7-8-12-9-13(17-14(12)16)10-18-11(2)15/h12-13H,3-10H2,1-2H3/t12-,13+/m1/s1. The van der Waals surface area contributed by atoms with Crippen LogP contribution in [-0.4, -0.2) is 22.9 Å². The highest BCUT2D eigenvalue weighted by molar-refractivity contribution is 8.13. The Morgan fingerprint density at radius 3 is 2.72 bits per heavy atom. The summed E-state index contributed by atoms with van der Waals surface area (Å²) in [5.74, 6) is 0.636. The molecule has 0 spiro atoms. The Morgan fingerprint density at radius 2 is 2.06 bits per heavy atom. The largest absolute Gasteiger partial charge is 0.461 e. The van der Waals surface area contributed by atoms with Crippen molar-refractivity contribution in [1.82, 2.24) is 0 Å². The van der Waals surface area contributed by atoms with Gasteiger partial charge in [0.2, 0.25) is 0 Å². The highest BCUT2D eigenvalue weighted by atomic mass is 32.2. The number of unbranched alkanes of at least 4 members (excludes halogenated alkanes) is 4. The molecule has 0 aliphatic carbocycles. The average molecular weight is 272 g/mol. The number of thioether (sulfide) groups is 1. The number of esters is 1.